The highest BCUT2D eigenvalue weighted by molar-refractivity contribution is 5.95. The van der Waals surface area contributed by atoms with E-state index >= 15 is 0 Å². The SMILES string of the molecule is COC(=O)c1cc2[nH]ncc2cc1C. The second-order valence-electron chi connectivity index (χ2n) is 3.12. The number of esters is 1. The van der Waals surface area contributed by atoms with Crippen molar-refractivity contribution < 1.29 is 9.53 Å². The minimum atomic E-state index is -0.320. The molecule has 1 aromatic carbocycles. The van der Waals surface area contributed by atoms with E-state index in [1.165, 1.54) is 7.11 Å². The average Bonchev–Trinajstić information content (AvgIpc) is 2.62. The van der Waals surface area contributed by atoms with E-state index in [-0.39, 0.29) is 5.97 Å². The van der Waals surface area contributed by atoms with Crippen molar-refractivity contribution in [2.24, 2.45) is 0 Å². The lowest BCUT2D eigenvalue weighted by molar-refractivity contribution is 0.0600. The minimum Gasteiger partial charge on any atom is -0.465 e. The molecule has 0 saturated heterocycles. The molecule has 0 bridgehead atoms. The van der Waals surface area contributed by atoms with Gasteiger partial charge in [0, 0.05) is 5.39 Å². The van der Waals surface area contributed by atoms with Crippen molar-refractivity contribution in [2.75, 3.05) is 7.11 Å². The van der Waals surface area contributed by atoms with E-state index in [9.17, 15) is 4.79 Å². The Hall–Kier alpha value is -1.84. The Morgan fingerprint density at radius 1 is 1.50 bits per heavy atom. The first kappa shape index (κ1) is 8.74. The highest BCUT2D eigenvalue weighted by atomic mass is 16.5. The maximum atomic E-state index is 11.3. The Kier molecular flexibility index (Phi) is 1.96. The monoisotopic (exact) mass is 190 g/mol. The van der Waals surface area contributed by atoms with E-state index in [0.717, 1.165) is 16.5 Å². The van der Waals surface area contributed by atoms with Crippen LogP contribution < -0.4 is 0 Å². The lowest BCUT2D eigenvalue weighted by Gasteiger charge is -2.02. The average molecular weight is 190 g/mol. The largest absolute Gasteiger partial charge is 0.465 e. The number of methoxy groups -OCH3 is 1. The zero-order valence-corrected chi connectivity index (χ0v) is 8.00. The smallest absolute Gasteiger partial charge is 0.338 e. The molecule has 72 valence electrons. The maximum Gasteiger partial charge on any atom is 0.338 e. The Morgan fingerprint density at radius 2 is 2.29 bits per heavy atom. The number of aromatic amines is 1. The first-order valence-corrected chi connectivity index (χ1v) is 4.24. The zero-order chi connectivity index (χ0) is 10.1. The summed E-state index contributed by atoms with van der Waals surface area (Å²) in [6.45, 7) is 1.87. The van der Waals surface area contributed by atoms with Crippen molar-refractivity contribution in [2.45, 2.75) is 6.92 Å². The number of hydrogen-bond acceptors (Lipinski definition) is 3. The summed E-state index contributed by atoms with van der Waals surface area (Å²) in [5.41, 5.74) is 2.31. The Balaban J connectivity index is 2.64. The first-order valence-electron chi connectivity index (χ1n) is 4.24. The van der Waals surface area contributed by atoms with Gasteiger partial charge in [-0.15, -0.1) is 0 Å². The molecule has 0 aliphatic rings. The highest BCUT2D eigenvalue weighted by Crippen LogP contribution is 2.17. The number of nitrogens with one attached hydrogen (secondary N) is 1. The lowest BCUT2D eigenvalue weighted by Crippen LogP contribution is -2.03. The third-order valence-electron chi connectivity index (χ3n) is 2.19. The van der Waals surface area contributed by atoms with Crippen LogP contribution in [0.5, 0.6) is 0 Å². The van der Waals surface area contributed by atoms with Crippen molar-refractivity contribution in [3.05, 3.63) is 29.5 Å². The molecule has 0 spiro atoms. The molecular weight excluding hydrogens is 180 g/mol. The predicted molar refractivity (Wildman–Crippen MR) is 52.2 cm³/mol. The van der Waals surface area contributed by atoms with Crippen LogP contribution in [0, 0.1) is 6.92 Å². The van der Waals surface area contributed by atoms with Crippen LogP contribution in [0.4, 0.5) is 0 Å². The lowest BCUT2D eigenvalue weighted by atomic mass is 10.1. The van der Waals surface area contributed by atoms with Gasteiger partial charge in [0.05, 0.1) is 24.4 Å². The number of rotatable bonds is 1. The fraction of sp³-hybridized carbons (Fsp3) is 0.200. The predicted octanol–water partition coefficient (Wildman–Crippen LogP) is 1.66. The van der Waals surface area contributed by atoms with Crippen molar-refractivity contribution >= 4 is 16.9 Å². The van der Waals surface area contributed by atoms with E-state index in [0.29, 0.717) is 5.56 Å². The molecule has 14 heavy (non-hydrogen) atoms. The molecule has 2 aromatic rings. The number of benzene rings is 1. The van der Waals surface area contributed by atoms with E-state index in [1.807, 2.05) is 13.0 Å². The quantitative estimate of drug-likeness (QED) is 0.696. The van der Waals surface area contributed by atoms with Crippen LogP contribution in [0.25, 0.3) is 10.9 Å². The van der Waals surface area contributed by atoms with Gasteiger partial charge in [-0.1, -0.05) is 0 Å². The van der Waals surface area contributed by atoms with Crippen molar-refractivity contribution in [3.8, 4) is 0 Å². The summed E-state index contributed by atoms with van der Waals surface area (Å²) in [6.07, 6.45) is 1.73. The van der Waals surface area contributed by atoms with Gasteiger partial charge in [0.15, 0.2) is 0 Å². The van der Waals surface area contributed by atoms with Crippen LogP contribution in [0.1, 0.15) is 15.9 Å². The Bertz CT molecular complexity index is 488. The summed E-state index contributed by atoms with van der Waals surface area (Å²) in [4.78, 5) is 11.3. The fourth-order valence-corrected chi connectivity index (χ4v) is 1.44. The molecule has 0 saturated carbocycles. The summed E-state index contributed by atoms with van der Waals surface area (Å²) < 4.78 is 4.67. The molecule has 1 N–H and O–H groups in total. The normalized spacial score (nSPS) is 10.4. The molecule has 0 aliphatic carbocycles. The van der Waals surface area contributed by atoms with Gasteiger partial charge in [0.2, 0.25) is 0 Å². The van der Waals surface area contributed by atoms with E-state index < -0.39 is 0 Å². The number of carbonyl (C=O) groups is 1. The summed E-state index contributed by atoms with van der Waals surface area (Å²) >= 11 is 0. The molecule has 2 rings (SSSR count). The van der Waals surface area contributed by atoms with Gasteiger partial charge in [0.25, 0.3) is 0 Å². The van der Waals surface area contributed by atoms with Gasteiger partial charge in [0.1, 0.15) is 0 Å². The molecule has 1 aromatic heterocycles. The van der Waals surface area contributed by atoms with Gasteiger partial charge in [-0.05, 0) is 24.6 Å². The summed E-state index contributed by atoms with van der Waals surface area (Å²) in [6, 6.07) is 3.66. The molecule has 4 nitrogen and oxygen atoms in total. The highest BCUT2D eigenvalue weighted by Gasteiger charge is 2.10. The third kappa shape index (κ3) is 1.25. The van der Waals surface area contributed by atoms with Gasteiger partial charge < -0.3 is 4.74 Å². The van der Waals surface area contributed by atoms with Crippen LogP contribution in [0.3, 0.4) is 0 Å². The number of hydrogen-bond donors (Lipinski definition) is 1. The van der Waals surface area contributed by atoms with Crippen molar-refractivity contribution in [3.63, 3.8) is 0 Å². The standard InChI is InChI=1S/C10H10N2O2/c1-6-3-7-5-11-12-9(7)4-8(6)10(13)14-2/h3-5H,1-2H3,(H,11,12). The number of H-pyrrole nitrogens is 1. The maximum absolute atomic E-state index is 11.3. The molecule has 1 heterocycles. The summed E-state index contributed by atoms with van der Waals surface area (Å²) in [5, 5.41) is 7.70. The van der Waals surface area contributed by atoms with Crippen LogP contribution in [0.15, 0.2) is 18.3 Å². The Labute approximate surface area is 80.9 Å². The number of carbonyl (C=O) groups excluding carboxylic acids is 1. The molecule has 0 fully saturated rings. The molecule has 0 radical (unpaired) electrons. The van der Waals surface area contributed by atoms with Crippen molar-refractivity contribution in [1.29, 1.82) is 0 Å². The molecule has 0 aliphatic heterocycles. The number of aryl methyl sites for hydroxylation is 1. The van der Waals surface area contributed by atoms with Gasteiger partial charge in [-0.3, -0.25) is 5.10 Å². The molecular formula is C10H10N2O2. The van der Waals surface area contributed by atoms with E-state index in [1.54, 1.807) is 12.3 Å². The first-order chi connectivity index (χ1) is 6.72. The van der Waals surface area contributed by atoms with Gasteiger partial charge >= 0.3 is 5.97 Å². The number of aromatic nitrogens is 2. The fourth-order valence-electron chi connectivity index (χ4n) is 1.44. The molecule has 4 heteroatoms. The number of ether oxygens (including phenoxy) is 1. The van der Waals surface area contributed by atoms with Crippen LogP contribution in [-0.4, -0.2) is 23.3 Å². The van der Waals surface area contributed by atoms with Gasteiger partial charge in [-0.25, -0.2) is 4.79 Å². The second kappa shape index (κ2) is 3.14. The number of fused-ring (bicyclic) bond motifs is 1. The second-order valence-corrected chi connectivity index (χ2v) is 3.12. The summed E-state index contributed by atoms with van der Waals surface area (Å²) in [7, 11) is 1.37. The van der Waals surface area contributed by atoms with E-state index in [4.69, 9.17) is 0 Å². The van der Waals surface area contributed by atoms with Crippen LogP contribution in [0.2, 0.25) is 0 Å². The third-order valence-corrected chi connectivity index (χ3v) is 2.19. The van der Waals surface area contributed by atoms with Crippen molar-refractivity contribution in [1.82, 2.24) is 10.2 Å². The minimum absolute atomic E-state index is 0.320. The zero-order valence-electron chi connectivity index (χ0n) is 8.00. The van der Waals surface area contributed by atoms with Crippen LogP contribution in [-0.2, 0) is 4.74 Å². The molecule has 0 unspecified atom stereocenters. The topological polar surface area (TPSA) is 55.0 Å². The van der Waals surface area contributed by atoms with Gasteiger partial charge in [-0.2, -0.15) is 5.10 Å². The molecule has 0 amide bonds. The number of nitrogens with zero attached hydrogens (tertiary/aromatic N) is 1. The summed E-state index contributed by atoms with van der Waals surface area (Å²) in [5.74, 6) is -0.320. The molecule has 0 atom stereocenters. The Morgan fingerprint density at radius 3 is 3.00 bits per heavy atom. The van der Waals surface area contributed by atoms with E-state index in [2.05, 4.69) is 14.9 Å². The van der Waals surface area contributed by atoms with Crippen LogP contribution >= 0.6 is 0 Å².